The number of benzene rings is 1. The van der Waals surface area contributed by atoms with E-state index in [-0.39, 0.29) is 36.1 Å². The van der Waals surface area contributed by atoms with Gasteiger partial charge in [0.2, 0.25) is 17.8 Å². The largest absolute Gasteiger partial charge is 0.455 e. The van der Waals surface area contributed by atoms with Crippen molar-refractivity contribution >= 4 is 41.2 Å². The van der Waals surface area contributed by atoms with Crippen LogP contribution < -0.4 is 11.1 Å². The zero-order valence-corrected chi connectivity index (χ0v) is 15.5. The van der Waals surface area contributed by atoms with Gasteiger partial charge in [0.05, 0.1) is 0 Å². The van der Waals surface area contributed by atoms with Gasteiger partial charge in [0.15, 0.2) is 17.3 Å². The van der Waals surface area contributed by atoms with Gasteiger partial charge in [0.1, 0.15) is 5.82 Å². The fraction of sp³-hybridized carbons (Fsp3) is 0.353. The minimum absolute atomic E-state index is 0.0304. The van der Waals surface area contributed by atoms with Crippen LogP contribution >= 0.6 is 11.8 Å². The summed E-state index contributed by atoms with van der Waals surface area (Å²) >= 11 is 1.43. The molecule has 0 unspecified atom stereocenters. The Morgan fingerprint density at radius 2 is 2.11 bits per heavy atom. The highest BCUT2D eigenvalue weighted by Crippen LogP contribution is 2.45. The number of nitrogens with one attached hydrogen (secondary N) is 1. The van der Waals surface area contributed by atoms with Crippen LogP contribution in [-0.2, 0) is 20.9 Å². The van der Waals surface area contributed by atoms with E-state index in [1.807, 2.05) is 0 Å². The second-order valence-corrected chi connectivity index (χ2v) is 7.69. The standard InChI is InChI=1S/C17H17FN6O3S/c18-10-1-3-11(4-2-10)20-16-22-12(21-15(19)23-16)9-27-14(26)17-6-5-13(25)24(17)7-8-28-17/h1-4H,5-9H2,(H3,19,20,21,22,23)/t17-/m1/s1. The Bertz CT molecular complexity index is 928. The summed E-state index contributed by atoms with van der Waals surface area (Å²) in [4.78, 5) is 37.4. The molecule has 28 heavy (non-hydrogen) atoms. The Hall–Kier alpha value is -2.95. The van der Waals surface area contributed by atoms with Gasteiger partial charge in [-0.2, -0.15) is 15.0 Å². The van der Waals surface area contributed by atoms with Crippen LogP contribution in [0.3, 0.4) is 0 Å². The number of nitrogens with zero attached hydrogens (tertiary/aromatic N) is 4. The number of esters is 1. The van der Waals surface area contributed by atoms with Gasteiger partial charge in [-0.15, -0.1) is 11.8 Å². The number of hydrogen-bond donors (Lipinski definition) is 2. The maximum atomic E-state index is 13.0. The molecule has 1 aromatic heterocycles. The molecule has 4 rings (SSSR count). The van der Waals surface area contributed by atoms with Gasteiger partial charge in [-0.3, -0.25) is 4.79 Å². The molecule has 0 bridgehead atoms. The van der Waals surface area contributed by atoms with Gasteiger partial charge in [-0.1, -0.05) is 0 Å². The molecule has 11 heteroatoms. The molecule has 2 aromatic rings. The minimum Gasteiger partial charge on any atom is -0.455 e. The first kappa shape index (κ1) is 18.4. The number of fused-ring (bicyclic) bond motifs is 1. The maximum absolute atomic E-state index is 13.0. The highest BCUT2D eigenvalue weighted by atomic mass is 32.2. The van der Waals surface area contributed by atoms with E-state index in [0.29, 0.717) is 30.8 Å². The van der Waals surface area contributed by atoms with Crippen LogP contribution in [-0.4, -0.2) is 48.9 Å². The number of amides is 1. The first-order valence-corrected chi connectivity index (χ1v) is 9.59. The molecule has 2 fully saturated rings. The van der Waals surface area contributed by atoms with Crippen molar-refractivity contribution in [2.75, 3.05) is 23.3 Å². The van der Waals surface area contributed by atoms with Crippen molar-refractivity contribution in [3.05, 3.63) is 35.9 Å². The lowest BCUT2D eigenvalue weighted by atomic mass is 10.2. The Labute approximate surface area is 163 Å². The van der Waals surface area contributed by atoms with Crippen LogP contribution in [0.2, 0.25) is 0 Å². The lowest BCUT2D eigenvalue weighted by Crippen LogP contribution is -2.46. The Balaban J connectivity index is 1.45. The zero-order chi connectivity index (χ0) is 19.7. The molecule has 2 saturated heterocycles. The minimum atomic E-state index is -0.940. The molecule has 1 aromatic carbocycles. The number of ether oxygens (including phenoxy) is 1. The first-order valence-electron chi connectivity index (χ1n) is 8.61. The molecule has 9 nitrogen and oxygen atoms in total. The molecular formula is C17H17FN6O3S. The number of halogens is 1. The average molecular weight is 404 g/mol. The third-order valence-electron chi connectivity index (χ3n) is 4.52. The van der Waals surface area contributed by atoms with E-state index in [1.54, 1.807) is 4.90 Å². The number of thioether (sulfide) groups is 1. The molecule has 1 atom stereocenters. The van der Waals surface area contributed by atoms with Crippen molar-refractivity contribution in [3.63, 3.8) is 0 Å². The molecule has 146 valence electrons. The van der Waals surface area contributed by atoms with E-state index in [4.69, 9.17) is 10.5 Å². The van der Waals surface area contributed by atoms with Gasteiger partial charge in [-0.05, 0) is 30.7 Å². The van der Waals surface area contributed by atoms with Crippen molar-refractivity contribution in [1.29, 1.82) is 0 Å². The zero-order valence-electron chi connectivity index (χ0n) is 14.7. The normalized spacial score (nSPS) is 20.9. The number of nitrogens with two attached hydrogens (primary N) is 1. The topological polar surface area (TPSA) is 123 Å². The van der Waals surface area contributed by atoms with E-state index in [1.165, 1.54) is 36.0 Å². The quantitative estimate of drug-likeness (QED) is 0.713. The third kappa shape index (κ3) is 3.44. The van der Waals surface area contributed by atoms with E-state index in [0.717, 1.165) is 0 Å². The summed E-state index contributed by atoms with van der Waals surface area (Å²) in [5, 5.41) is 2.89. The predicted octanol–water partition coefficient (Wildman–Crippen LogP) is 1.45. The van der Waals surface area contributed by atoms with E-state index in [9.17, 15) is 14.0 Å². The summed E-state index contributed by atoms with van der Waals surface area (Å²) in [6.07, 6.45) is 0.776. The summed E-state index contributed by atoms with van der Waals surface area (Å²) in [5.41, 5.74) is 6.27. The Kier molecular flexibility index (Phi) is 4.75. The van der Waals surface area contributed by atoms with Crippen molar-refractivity contribution in [1.82, 2.24) is 19.9 Å². The summed E-state index contributed by atoms with van der Waals surface area (Å²) < 4.78 is 18.4. The molecule has 1 amide bonds. The van der Waals surface area contributed by atoms with Gasteiger partial charge >= 0.3 is 5.97 Å². The SMILES string of the molecule is Nc1nc(COC(=O)[C@]23CCC(=O)N2CCS3)nc(Nc2ccc(F)cc2)n1. The van der Waals surface area contributed by atoms with Crippen LogP contribution in [0.15, 0.2) is 24.3 Å². The van der Waals surface area contributed by atoms with E-state index < -0.39 is 10.8 Å². The predicted molar refractivity (Wildman–Crippen MR) is 99.9 cm³/mol. The fourth-order valence-electron chi connectivity index (χ4n) is 3.24. The number of anilines is 3. The monoisotopic (exact) mass is 404 g/mol. The van der Waals surface area contributed by atoms with E-state index >= 15 is 0 Å². The van der Waals surface area contributed by atoms with Crippen molar-refractivity contribution in [3.8, 4) is 0 Å². The molecule has 0 radical (unpaired) electrons. The van der Waals surface area contributed by atoms with Crippen molar-refractivity contribution in [2.24, 2.45) is 0 Å². The number of carbonyl (C=O) groups excluding carboxylic acids is 2. The number of aromatic nitrogens is 3. The highest BCUT2D eigenvalue weighted by Gasteiger charge is 2.55. The number of rotatable bonds is 5. The lowest BCUT2D eigenvalue weighted by molar-refractivity contribution is -0.154. The average Bonchev–Trinajstić information content (AvgIpc) is 3.23. The molecule has 0 spiro atoms. The number of nitrogen functional groups attached to an aromatic ring is 1. The first-order chi connectivity index (χ1) is 13.5. The maximum Gasteiger partial charge on any atom is 0.343 e. The molecule has 2 aliphatic heterocycles. The molecule has 0 saturated carbocycles. The second kappa shape index (κ2) is 7.23. The third-order valence-corrected chi connectivity index (χ3v) is 5.98. The molecular weight excluding hydrogens is 387 g/mol. The molecule has 2 aliphatic rings. The van der Waals surface area contributed by atoms with Gasteiger partial charge in [0, 0.05) is 24.4 Å². The van der Waals surface area contributed by atoms with Crippen LogP contribution in [0.25, 0.3) is 0 Å². The van der Waals surface area contributed by atoms with Crippen LogP contribution in [0, 0.1) is 5.82 Å². The molecule has 3 heterocycles. The fourth-order valence-corrected chi connectivity index (χ4v) is 4.63. The summed E-state index contributed by atoms with van der Waals surface area (Å²) in [7, 11) is 0. The van der Waals surface area contributed by atoms with E-state index in [2.05, 4.69) is 20.3 Å². The summed E-state index contributed by atoms with van der Waals surface area (Å²) in [6, 6.07) is 5.64. The van der Waals surface area contributed by atoms with Crippen molar-refractivity contribution in [2.45, 2.75) is 24.3 Å². The van der Waals surface area contributed by atoms with Gasteiger partial charge in [-0.25, -0.2) is 9.18 Å². The lowest BCUT2D eigenvalue weighted by Gasteiger charge is -2.28. The number of hydrogen-bond acceptors (Lipinski definition) is 9. The Morgan fingerprint density at radius 3 is 2.89 bits per heavy atom. The van der Waals surface area contributed by atoms with Crippen LogP contribution in [0.4, 0.5) is 22.0 Å². The van der Waals surface area contributed by atoms with Gasteiger partial charge < -0.3 is 20.7 Å². The smallest absolute Gasteiger partial charge is 0.343 e. The molecule has 3 N–H and O–H groups in total. The number of carbonyl (C=O) groups is 2. The van der Waals surface area contributed by atoms with Crippen LogP contribution in [0.1, 0.15) is 18.7 Å². The highest BCUT2D eigenvalue weighted by molar-refractivity contribution is 8.01. The van der Waals surface area contributed by atoms with Crippen LogP contribution in [0.5, 0.6) is 0 Å². The second-order valence-electron chi connectivity index (χ2n) is 6.32. The summed E-state index contributed by atoms with van der Waals surface area (Å²) in [5.74, 6) is 0.0984. The summed E-state index contributed by atoms with van der Waals surface area (Å²) in [6.45, 7) is 0.344. The van der Waals surface area contributed by atoms with Gasteiger partial charge in [0.25, 0.3) is 0 Å². The Morgan fingerprint density at radius 1 is 1.32 bits per heavy atom. The molecule has 0 aliphatic carbocycles. The van der Waals surface area contributed by atoms with Crippen molar-refractivity contribution < 1.29 is 18.7 Å².